The van der Waals surface area contributed by atoms with Crippen LogP contribution >= 0.6 is 11.6 Å². The number of benzene rings is 2. The molecule has 0 radical (unpaired) electrons. The third kappa shape index (κ3) is 6.78. The average Bonchev–Trinajstić information content (AvgIpc) is 3.19. The maximum absolute atomic E-state index is 13.4. The van der Waals surface area contributed by atoms with E-state index in [1.807, 2.05) is 6.07 Å². The number of rotatable bonds is 11. The molecule has 1 heterocycles. The third-order valence-electron chi connectivity index (χ3n) is 5.74. The summed E-state index contributed by atoms with van der Waals surface area (Å²) < 4.78 is 13.4. The van der Waals surface area contributed by atoms with Gasteiger partial charge in [0.05, 0.1) is 10.9 Å². The molecule has 2 aromatic rings. The largest absolute Gasteiger partial charge is 0.356 e. The number of nitrogens with one attached hydrogen (secondary N) is 1. The fourth-order valence-electron chi connectivity index (χ4n) is 3.94. The normalized spacial score (nSPS) is 16.1. The van der Waals surface area contributed by atoms with Gasteiger partial charge < -0.3 is 10.2 Å². The summed E-state index contributed by atoms with van der Waals surface area (Å²) in [7, 11) is 0. The van der Waals surface area contributed by atoms with Crippen LogP contribution in [-0.2, 0) is 16.1 Å². The quantitative estimate of drug-likeness (QED) is 0.498. The van der Waals surface area contributed by atoms with Crippen molar-refractivity contribution in [2.45, 2.75) is 39.2 Å². The molecule has 2 amide bonds. The molecule has 0 bridgehead atoms. The van der Waals surface area contributed by atoms with Crippen LogP contribution in [0.25, 0.3) is 0 Å². The van der Waals surface area contributed by atoms with Crippen molar-refractivity contribution in [2.75, 3.05) is 31.1 Å². The molecule has 1 unspecified atom stereocenters. The Kier molecular flexibility index (Phi) is 9.06. The maximum atomic E-state index is 13.4. The van der Waals surface area contributed by atoms with Crippen LogP contribution in [0.2, 0.25) is 5.02 Å². The lowest BCUT2D eigenvalue weighted by molar-refractivity contribution is -0.126. The van der Waals surface area contributed by atoms with Crippen molar-refractivity contribution < 1.29 is 14.0 Å². The average molecular weight is 460 g/mol. The fourth-order valence-corrected chi connectivity index (χ4v) is 4.11. The van der Waals surface area contributed by atoms with E-state index in [0.717, 1.165) is 38.9 Å². The first-order valence-electron chi connectivity index (χ1n) is 11.3. The van der Waals surface area contributed by atoms with E-state index < -0.39 is 11.7 Å². The number of carbonyl (C=O) groups is 2. The molecular weight excluding hydrogens is 429 g/mol. The van der Waals surface area contributed by atoms with Crippen molar-refractivity contribution in [3.05, 3.63) is 64.9 Å². The zero-order valence-electron chi connectivity index (χ0n) is 18.5. The number of nitrogens with zero attached hydrogens (tertiary/aromatic N) is 2. The molecule has 32 heavy (non-hydrogen) atoms. The minimum absolute atomic E-state index is 0.0358. The van der Waals surface area contributed by atoms with Crippen LogP contribution in [0.3, 0.4) is 0 Å². The van der Waals surface area contributed by atoms with Crippen LogP contribution in [0.15, 0.2) is 48.5 Å². The highest BCUT2D eigenvalue weighted by atomic mass is 35.5. The molecule has 0 aliphatic carbocycles. The summed E-state index contributed by atoms with van der Waals surface area (Å²) in [6, 6.07) is 14.6. The van der Waals surface area contributed by atoms with Gasteiger partial charge >= 0.3 is 0 Å². The second-order valence-electron chi connectivity index (χ2n) is 8.26. The van der Waals surface area contributed by atoms with Crippen molar-refractivity contribution in [3.8, 4) is 0 Å². The van der Waals surface area contributed by atoms with Gasteiger partial charge in [-0.2, -0.15) is 0 Å². The van der Waals surface area contributed by atoms with Crippen molar-refractivity contribution in [1.82, 2.24) is 10.2 Å². The SMILES string of the molecule is CCCCN(CCCNC(=O)C1CC(=O)N(c2ccc(F)c(Cl)c2)C1)Cc1ccccc1. The third-order valence-corrected chi connectivity index (χ3v) is 6.03. The van der Waals surface area contributed by atoms with E-state index in [4.69, 9.17) is 11.6 Å². The van der Waals surface area contributed by atoms with E-state index in [1.54, 1.807) is 0 Å². The summed E-state index contributed by atoms with van der Waals surface area (Å²) in [6.07, 6.45) is 3.29. The van der Waals surface area contributed by atoms with Gasteiger partial charge in [-0.05, 0) is 43.1 Å². The molecule has 5 nitrogen and oxygen atoms in total. The summed E-state index contributed by atoms with van der Waals surface area (Å²) in [6.45, 7) is 5.88. The number of anilines is 1. The highest BCUT2D eigenvalue weighted by Crippen LogP contribution is 2.28. The van der Waals surface area contributed by atoms with Crippen molar-refractivity contribution in [1.29, 1.82) is 0 Å². The molecule has 0 aromatic heterocycles. The zero-order chi connectivity index (χ0) is 22.9. The standard InChI is InChI=1S/C25H31ClFN3O2/c1-2-3-13-29(17-19-8-5-4-6-9-19)14-7-12-28-25(32)20-15-24(31)30(18-20)21-10-11-23(27)22(26)16-21/h4-6,8-11,16,20H,2-3,7,12-15,17-18H2,1H3,(H,28,32). The minimum atomic E-state index is -0.531. The number of carbonyl (C=O) groups excluding carboxylic acids is 2. The fraction of sp³-hybridized carbons (Fsp3) is 0.440. The first kappa shape index (κ1) is 24.2. The lowest BCUT2D eigenvalue weighted by Gasteiger charge is -2.22. The monoisotopic (exact) mass is 459 g/mol. The van der Waals surface area contributed by atoms with Crippen molar-refractivity contribution >= 4 is 29.1 Å². The van der Waals surface area contributed by atoms with Crippen LogP contribution in [-0.4, -0.2) is 42.9 Å². The van der Waals surface area contributed by atoms with Gasteiger partial charge in [0.15, 0.2) is 0 Å². The van der Waals surface area contributed by atoms with Gasteiger partial charge in [-0.3, -0.25) is 14.5 Å². The first-order chi connectivity index (χ1) is 15.5. The zero-order valence-corrected chi connectivity index (χ0v) is 19.3. The highest BCUT2D eigenvalue weighted by Gasteiger charge is 2.35. The highest BCUT2D eigenvalue weighted by molar-refractivity contribution is 6.31. The van der Waals surface area contributed by atoms with Crippen molar-refractivity contribution in [3.63, 3.8) is 0 Å². The van der Waals surface area contributed by atoms with Gasteiger partial charge in [0.2, 0.25) is 11.8 Å². The lowest BCUT2D eigenvalue weighted by atomic mass is 10.1. The number of hydrogen-bond donors (Lipinski definition) is 1. The Morgan fingerprint density at radius 2 is 1.94 bits per heavy atom. The maximum Gasteiger partial charge on any atom is 0.227 e. The Balaban J connectivity index is 1.45. The van der Waals surface area contributed by atoms with E-state index in [-0.39, 0.29) is 29.8 Å². The molecule has 2 aromatic carbocycles. The molecule has 7 heteroatoms. The molecule has 0 spiro atoms. The van der Waals surface area contributed by atoms with Crippen LogP contribution in [0.4, 0.5) is 10.1 Å². The molecule has 1 atom stereocenters. The predicted molar refractivity (Wildman–Crippen MR) is 126 cm³/mol. The van der Waals surface area contributed by atoms with Gasteiger partial charge in [0.25, 0.3) is 0 Å². The van der Waals surface area contributed by atoms with Crippen LogP contribution in [0, 0.1) is 11.7 Å². The number of amides is 2. The summed E-state index contributed by atoms with van der Waals surface area (Å²) in [5.74, 6) is -1.21. The molecule has 1 aliphatic heterocycles. The predicted octanol–water partition coefficient (Wildman–Crippen LogP) is 4.64. The van der Waals surface area contributed by atoms with Gasteiger partial charge in [-0.1, -0.05) is 55.3 Å². The summed E-state index contributed by atoms with van der Waals surface area (Å²) in [5.41, 5.74) is 1.81. The van der Waals surface area contributed by atoms with E-state index in [9.17, 15) is 14.0 Å². The van der Waals surface area contributed by atoms with E-state index >= 15 is 0 Å². The van der Waals surface area contributed by atoms with E-state index in [1.165, 1.54) is 28.7 Å². The Hall–Kier alpha value is -2.44. The molecule has 172 valence electrons. The van der Waals surface area contributed by atoms with Crippen LogP contribution in [0.5, 0.6) is 0 Å². The molecule has 1 saturated heterocycles. The Morgan fingerprint density at radius 1 is 1.19 bits per heavy atom. The Labute approximate surface area is 194 Å². The molecule has 1 fully saturated rings. The number of halogens is 2. The molecule has 3 rings (SSSR count). The van der Waals surface area contributed by atoms with E-state index in [0.29, 0.717) is 12.2 Å². The van der Waals surface area contributed by atoms with Gasteiger partial charge in [-0.25, -0.2) is 4.39 Å². The number of unbranched alkanes of at least 4 members (excludes halogenated alkanes) is 1. The second-order valence-corrected chi connectivity index (χ2v) is 8.67. The molecule has 1 aliphatic rings. The van der Waals surface area contributed by atoms with Crippen LogP contribution in [0.1, 0.15) is 38.2 Å². The summed E-state index contributed by atoms with van der Waals surface area (Å²) in [5, 5.41) is 2.95. The lowest BCUT2D eigenvalue weighted by Crippen LogP contribution is -2.35. The Morgan fingerprint density at radius 3 is 2.66 bits per heavy atom. The molecule has 1 N–H and O–H groups in total. The van der Waals surface area contributed by atoms with Gasteiger partial charge in [0.1, 0.15) is 5.82 Å². The van der Waals surface area contributed by atoms with E-state index in [2.05, 4.69) is 41.4 Å². The first-order valence-corrected chi connectivity index (χ1v) is 11.6. The minimum Gasteiger partial charge on any atom is -0.356 e. The summed E-state index contributed by atoms with van der Waals surface area (Å²) in [4.78, 5) is 28.9. The van der Waals surface area contributed by atoms with Gasteiger partial charge in [-0.15, -0.1) is 0 Å². The topological polar surface area (TPSA) is 52.7 Å². The Bertz CT molecular complexity index is 909. The molecular formula is C25H31ClFN3O2. The van der Waals surface area contributed by atoms with Gasteiger partial charge in [0, 0.05) is 38.3 Å². The summed E-state index contributed by atoms with van der Waals surface area (Å²) >= 11 is 5.84. The van der Waals surface area contributed by atoms with Crippen molar-refractivity contribution in [2.24, 2.45) is 5.92 Å². The second kappa shape index (κ2) is 12.0. The molecule has 0 saturated carbocycles. The number of hydrogen-bond acceptors (Lipinski definition) is 3. The van der Waals surface area contributed by atoms with Crippen LogP contribution < -0.4 is 10.2 Å². The smallest absolute Gasteiger partial charge is 0.227 e.